The number of carbonyl (C=O) groups is 1. The van der Waals surface area contributed by atoms with Crippen molar-refractivity contribution in [3.05, 3.63) is 0 Å². The van der Waals surface area contributed by atoms with Crippen LogP contribution >= 0.6 is 0 Å². The standard InChI is InChI=1S/C12H18N2O2/c13-9-12-5-2-1-4-10(12)8-11(16)14(12)6-3-7-15/h10,15H,1-8H2/t10-,12+/m0/s1. The minimum Gasteiger partial charge on any atom is -0.396 e. The summed E-state index contributed by atoms with van der Waals surface area (Å²) in [4.78, 5) is 13.6. The van der Waals surface area contributed by atoms with Crippen molar-refractivity contribution in [1.82, 2.24) is 4.90 Å². The lowest BCUT2D eigenvalue weighted by Gasteiger charge is -2.39. The van der Waals surface area contributed by atoms with Gasteiger partial charge >= 0.3 is 0 Å². The summed E-state index contributed by atoms with van der Waals surface area (Å²) in [5.41, 5.74) is -0.551. The van der Waals surface area contributed by atoms with Gasteiger partial charge in [-0.15, -0.1) is 0 Å². The monoisotopic (exact) mass is 222 g/mol. The predicted octanol–water partition coefficient (Wildman–Crippen LogP) is 1.05. The molecule has 0 unspecified atom stereocenters. The first kappa shape index (κ1) is 11.4. The van der Waals surface area contributed by atoms with Crippen LogP contribution in [0.25, 0.3) is 0 Å². The van der Waals surface area contributed by atoms with Crippen LogP contribution in [0.2, 0.25) is 0 Å². The topological polar surface area (TPSA) is 64.3 Å². The van der Waals surface area contributed by atoms with E-state index in [1.165, 1.54) is 0 Å². The summed E-state index contributed by atoms with van der Waals surface area (Å²) < 4.78 is 0. The molecule has 0 bridgehead atoms. The van der Waals surface area contributed by atoms with Gasteiger partial charge in [0, 0.05) is 25.5 Å². The van der Waals surface area contributed by atoms with E-state index >= 15 is 0 Å². The Kier molecular flexibility index (Phi) is 3.15. The highest BCUT2D eigenvalue weighted by Crippen LogP contribution is 2.45. The van der Waals surface area contributed by atoms with Crippen LogP contribution in [0.4, 0.5) is 0 Å². The SMILES string of the molecule is N#C[C@]12CCCC[C@H]1CC(=O)N2CCCO. The quantitative estimate of drug-likeness (QED) is 0.776. The highest BCUT2D eigenvalue weighted by Gasteiger charge is 2.53. The summed E-state index contributed by atoms with van der Waals surface area (Å²) in [5.74, 6) is 0.319. The zero-order chi connectivity index (χ0) is 11.6. The van der Waals surface area contributed by atoms with E-state index in [4.69, 9.17) is 5.11 Å². The van der Waals surface area contributed by atoms with Gasteiger partial charge in [-0.2, -0.15) is 5.26 Å². The van der Waals surface area contributed by atoms with Crippen LogP contribution in [-0.4, -0.2) is 34.6 Å². The third-order valence-corrected chi connectivity index (χ3v) is 3.97. The average Bonchev–Trinajstić information content (AvgIpc) is 2.59. The molecule has 0 radical (unpaired) electrons. The number of likely N-dealkylation sites (tertiary alicyclic amines) is 1. The second-order valence-electron chi connectivity index (χ2n) is 4.81. The molecule has 1 saturated carbocycles. The number of amides is 1. The van der Waals surface area contributed by atoms with E-state index in [1.54, 1.807) is 4.90 Å². The molecule has 1 aliphatic heterocycles. The van der Waals surface area contributed by atoms with E-state index in [1.807, 2.05) is 0 Å². The van der Waals surface area contributed by atoms with Crippen LogP contribution in [0.1, 0.15) is 38.5 Å². The van der Waals surface area contributed by atoms with Gasteiger partial charge in [-0.3, -0.25) is 4.79 Å². The molecule has 0 aromatic heterocycles. The summed E-state index contributed by atoms with van der Waals surface area (Å²) in [5, 5.41) is 18.3. The van der Waals surface area contributed by atoms with Crippen LogP contribution < -0.4 is 0 Å². The van der Waals surface area contributed by atoms with Gasteiger partial charge in [0.25, 0.3) is 0 Å². The van der Waals surface area contributed by atoms with Gasteiger partial charge in [0.05, 0.1) is 6.07 Å². The third-order valence-electron chi connectivity index (χ3n) is 3.97. The number of carbonyl (C=O) groups excluding carboxylic acids is 1. The molecule has 1 amide bonds. The van der Waals surface area contributed by atoms with Crippen molar-refractivity contribution in [2.75, 3.05) is 13.2 Å². The van der Waals surface area contributed by atoms with Crippen molar-refractivity contribution in [1.29, 1.82) is 5.26 Å². The molecule has 88 valence electrons. The van der Waals surface area contributed by atoms with Gasteiger partial charge < -0.3 is 10.0 Å². The third kappa shape index (κ3) is 1.60. The van der Waals surface area contributed by atoms with Crippen molar-refractivity contribution in [3.8, 4) is 6.07 Å². The molecule has 0 spiro atoms. The Labute approximate surface area is 95.9 Å². The largest absolute Gasteiger partial charge is 0.396 e. The molecule has 2 atom stereocenters. The highest BCUT2D eigenvalue weighted by atomic mass is 16.3. The summed E-state index contributed by atoms with van der Waals surface area (Å²) in [6.45, 7) is 0.606. The lowest BCUT2D eigenvalue weighted by Crippen LogP contribution is -2.50. The molecule has 1 N–H and O–H groups in total. The van der Waals surface area contributed by atoms with Crippen molar-refractivity contribution in [2.24, 2.45) is 5.92 Å². The van der Waals surface area contributed by atoms with E-state index in [9.17, 15) is 10.1 Å². The van der Waals surface area contributed by atoms with Gasteiger partial charge in [0.1, 0.15) is 5.54 Å². The summed E-state index contributed by atoms with van der Waals surface area (Å²) in [6.07, 6.45) is 5.07. The van der Waals surface area contributed by atoms with E-state index in [2.05, 4.69) is 6.07 Å². The van der Waals surface area contributed by atoms with Crippen molar-refractivity contribution >= 4 is 5.91 Å². The molecule has 0 aromatic rings. The summed E-state index contributed by atoms with van der Waals surface area (Å²) in [6, 6.07) is 2.39. The summed E-state index contributed by atoms with van der Waals surface area (Å²) in [7, 11) is 0. The van der Waals surface area contributed by atoms with Crippen molar-refractivity contribution in [2.45, 2.75) is 44.1 Å². The number of nitrogens with zero attached hydrogens (tertiary/aromatic N) is 2. The number of aliphatic hydroxyl groups is 1. The summed E-state index contributed by atoms with van der Waals surface area (Å²) >= 11 is 0. The first-order valence-corrected chi connectivity index (χ1v) is 6.07. The maximum absolute atomic E-state index is 11.9. The molecule has 0 aromatic carbocycles. The number of hydrogen-bond acceptors (Lipinski definition) is 3. The fourth-order valence-corrected chi connectivity index (χ4v) is 3.16. The number of nitriles is 1. The molecule has 4 nitrogen and oxygen atoms in total. The van der Waals surface area contributed by atoms with E-state index < -0.39 is 5.54 Å². The minimum absolute atomic E-state index is 0.0793. The number of rotatable bonds is 3. The fourth-order valence-electron chi connectivity index (χ4n) is 3.16. The molecule has 1 heterocycles. The van der Waals surface area contributed by atoms with Crippen LogP contribution in [0.5, 0.6) is 0 Å². The molecular formula is C12H18N2O2. The van der Waals surface area contributed by atoms with Crippen LogP contribution in [0.15, 0.2) is 0 Å². The van der Waals surface area contributed by atoms with E-state index in [-0.39, 0.29) is 18.4 Å². The van der Waals surface area contributed by atoms with Crippen LogP contribution in [0, 0.1) is 17.2 Å². The molecule has 1 saturated heterocycles. The van der Waals surface area contributed by atoms with Gasteiger partial charge in [-0.1, -0.05) is 12.8 Å². The Balaban J connectivity index is 2.21. The second-order valence-corrected chi connectivity index (χ2v) is 4.81. The molecular weight excluding hydrogens is 204 g/mol. The average molecular weight is 222 g/mol. The van der Waals surface area contributed by atoms with Gasteiger partial charge in [0.15, 0.2) is 0 Å². The van der Waals surface area contributed by atoms with Crippen molar-refractivity contribution < 1.29 is 9.90 Å². The second kappa shape index (κ2) is 4.42. The Bertz CT molecular complexity index is 323. The lowest BCUT2D eigenvalue weighted by atomic mass is 9.74. The first-order chi connectivity index (χ1) is 7.74. The predicted molar refractivity (Wildman–Crippen MR) is 58.3 cm³/mol. The number of fused-ring (bicyclic) bond motifs is 1. The smallest absolute Gasteiger partial charge is 0.224 e. The molecule has 4 heteroatoms. The zero-order valence-electron chi connectivity index (χ0n) is 9.48. The number of aliphatic hydroxyl groups excluding tert-OH is 1. The maximum Gasteiger partial charge on any atom is 0.224 e. The molecule has 1 aliphatic carbocycles. The molecule has 16 heavy (non-hydrogen) atoms. The van der Waals surface area contributed by atoms with Gasteiger partial charge in [-0.25, -0.2) is 0 Å². The van der Waals surface area contributed by atoms with Gasteiger partial charge in [0.2, 0.25) is 5.91 Å². The van der Waals surface area contributed by atoms with Gasteiger partial charge in [-0.05, 0) is 19.3 Å². The lowest BCUT2D eigenvalue weighted by molar-refractivity contribution is -0.130. The van der Waals surface area contributed by atoms with Crippen molar-refractivity contribution in [3.63, 3.8) is 0 Å². The molecule has 2 aliphatic rings. The number of hydrogen-bond donors (Lipinski definition) is 1. The Morgan fingerprint density at radius 3 is 3.06 bits per heavy atom. The Hall–Kier alpha value is -1.08. The first-order valence-electron chi connectivity index (χ1n) is 6.07. The Morgan fingerprint density at radius 1 is 1.56 bits per heavy atom. The van der Waals surface area contributed by atoms with Crippen LogP contribution in [-0.2, 0) is 4.79 Å². The Morgan fingerprint density at radius 2 is 2.38 bits per heavy atom. The maximum atomic E-state index is 11.9. The van der Waals surface area contributed by atoms with E-state index in [0.717, 1.165) is 25.7 Å². The molecule has 2 fully saturated rings. The normalized spacial score (nSPS) is 33.6. The van der Waals surface area contributed by atoms with Crippen LogP contribution in [0.3, 0.4) is 0 Å². The minimum atomic E-state index is -0.551. The molecule has 2 rings (SSSR count). The fraction of sp³-hybridized carbons (Fsp3) is 0.833. The highest BCUT2D eigenvalue weighted by molar-refractivity contribution is 5.81. The zero-order valence-corrected chi connectivity index (χ0v) is 9.48. The van der Waals surface area contributed by atoms with E-state index in [0.29, 0.717) is 19.4 Å².